The summed E-state index contributed by atoms with van der Waals surface area (Å²) in [5.41, 5.74) is 0. The van der Waals surface area contributed by atoms with E-state index >= 15 is 0 Å². The summed E-state index contributed by atoms with van der Waals surface area (Å²) in [6.45, 7) is 7.19. The van der Waals surface area contributed by atoms with E-state index in [1.807, 2.05) is 6.92 Å². The predicted octanol–water partition coefficient (Wildman–Crippen LogP) is 9.01. The summed E-state index contributed by atoms with van der Waals surface area (Å²) >= 11 is 0. The van der Waals surface area contributed by atoms with Gasteiger partial charge in [0.25, 0.3) is 0 Å². The molecule has 0 fully saturated rings. The third kappa shape index (κ3) is 20.2. The Labute approximate surface area is 177 Å². The van der Waals surface area contributed by atoms with Gasteiger partial charge in [0.1, 0.15) is 0 Å². The van der Waals surface area contributed by atoms with E-state index in [4.69, 9.17) is 4.74 Å². The third-order valence-electron chi connectivity index (χ3n) is 5.89. The van der Waals surface area contributed by atoms with Crippen molar-refractivity contribution in [3.63, 3.8) is 0 Å². The summed E-state index contributed by atoms with van der Waals surface area (Å²) < 4.78 is 5.47. The van der Waals surface area contributed by atoms with Gasteiger partial charge in [-0.05, 0) is 12.8 Å². The van der Waals surface area contributed by atoms with Crippen LogP contribution in [0.15, 0.2) is 0 Å². The molecule has 0 aliphatic heterocycles. The molecule has 0 amide bonds. The van der Waals surface area contributed by atoms with Crippen molar-refractivity contribution in [1.82, 2.24) is 0 Å². The van der Waals surface area contributed by atoms with Crippen LogP contribution in [0.5, 0.6) is 0 Å². The molecule has 0 aliphatic rings. The zero-order valence-electron chi connectivity index (χ0n) is 19.7. The highest BCUT2D eigenvalue weighted by atomic mass is 16.5. The van der Waals surface area contributed by atoms with Gasteiger partial charge in [0.15, 0.2) is 0 Å². The highest BCUT2D eigenvalue weighted by Gasteiger charge is 2.13. The molecule has 0 heterocycles. The van der Waals surface area contributed by atoms with Crippen LogP contribution in [0, 0.1) is 5.92 Å². The van der Waals surface area contributed by atoms with E-state index in [1.165, 1.54) is 116 Å². The SMILES string of the molecule is CCCCCCCCCCCCCOC(=O)C(C)CCCCCCCCCC. The Hall–Kier alpha value is -0.530. The van der Waals surface area contributed by atoms with Gasteiger partial charge in [-0.15, -0.1) is 0 Å². The Kier molecular flexibility index (Phi) is 22.3. The van der Waals surface area contributed by atoms with Crippen molar-refractivity contribution >= 4 is 5.97 Å². The minimum atomic E-state index is 0.0232. The second-order valence-corrected chi connectivity index (χ2v) is 8.87. The minimum Gasteiger partial charge on any atom is -0.465 e. The topological polar surface area (TPSA) is 26.3 Å². The Balaban J connectivity index is 3.30. The van der Waals surface area contributed by atoms with Crippen molar-refractivity contribution in [2.45, 2.75) is 149 Å². The first-order valence-corrected chi connectivity index (χ1v) is 12.9. The lowest BCUT2D eigenvalue weighted by Crippen LogP contribution is -2.15. The number of ether oxygens (including phenoxy) is 1. The maximum absolute atomic E-state index is 12.0. The van der Waals surface area contributed by atoms with Crippen LogP contribution in [0.4, 0.5) is 0 Å². The van der Waals surface area contributed by atoms with Gasteiger partial charge in [0.2, 0.25) is 0 Å². The molecule has 1 atom stereocenters. The second-order valence-electron chi connectivity index (χ2n) is 8.87. The lowest BCUT2D eigenvalue weighted by molar-refractivity contribution is -0.148. The van der Waals surface area contributed by atoms with E-state index < -0.39 is 0 Å². The standard InChI is InChI=1S/C26H52O2/c1-4-6-8-10-12-14-15-16-18-20-22-24-28-26(27)25(3)23-21-19-17-13-11-9-7-5-2/h25H,4-24H2,1-3H3. The number of hydrogen-bond donors (Lipinski definition) is 0. The number of carbonyl (C=O) groups excluding carboxylic acids is 1. The monoisotopic (exact) mass is 396 g/mol. The fourth-order valence-corrected chi connectivity index (χ4v) is 3.78. The van der Waals surface area contributed by atoms with Crippen molar-refractivity contribution in [1.29, 1.82) is 0 Å². The molecule has 0 spiro atoms. The van der Waals surface area contributed by atoms with Gasteiger partial charge < -0.3 is 4.74 Å². The van der Waals surface area contributed by atoms with Crippen molar-refractivity contribution in [2.75, 3.05) is 6.61 Å². The van der Waals surface area contributed by atoms with Crippen LogP contribution < -0.4 is 0 Å². The number of rotatable bonds is 22. The lowest BCUT2D eigenvalue weighted by Gasteiger charge is -2.11. The van der Waals surface area contributed by atoms with E-state index in [2.05, 4.69) is 13.8 Å². The van der Waals surface area contributed by atoms with Gasteiger partial charge in [0.05, 0.1) is 12.5 Å². The molecule has 0 N–H and O–H groups in total. The van der Waals surface area contributed by atoms with Crippen molar-refractivity contribution < 1.29 is 9.53 Å². The molecule has 0 radical (unpaired) electrons. The Morgan fingerprint density at radius 3 is 1.36 bits per heavy atom. The highest BCUT2D eigenvalue weighted by molar-refractivity contribution is 5.71. The molecular formula is C26H52O2. The molecule has 0 aromatic carbocycles. The molecule has 28 heavy (non-hydrogen) atoms. The predicted molar refractivity (Wildman–Crippen MR) is 124 cm³/mol. The van der Waals surface area contributed by atoms with Crippen molar-refractivity contribution in [2.24, 2.45) is 5.92 Å². The summed E-state index contributed by atoms with van der Waals surface area (Å²) in [5.74, 6) is 0.0998. The smallest absolute Gasteiger partial charge is 0.308 e. The molecular weight excluding hydrogens is 344 g/mol. The summed E-state index contributed by atoms with van der Waals surface area (Å²) in [6.07, 6.45) is 26.2. The van der Waals surface area contributed by atoms with Crippen molar-refractivity contribution in [3.8, 4) is 0 Å². The average Bonchev–Trinajstić information content (AvgIpc) is 2.70. The van der Waals surface area contributed by atoms with E-state index in [-0.39, 0.29) is 11.9 Å². The molecule has 0 aromatic heterocycles. The summed E-state index contributed by atoms with van der Waals surface area (Å²) in [4.78, 5) is 12.0. The molecule has 2 nitrogen and oxygen atoms in total. The number of esters is 1. The van der Waals surface area contributed by atoms with Crippen LogP contribution in [0.3, 0.4) is 0 Å². The van der Waals surface area contributed by atoms with Crippen LogP contribution in [-0.2, 0) is 9.53 Å². The molecule has 0 aliphatic carbocycles. The zero-order chi connectivity index (χ0) is 20.7. The van der Waals surface area contributed by atoms with E-state index in [1.54, 1.807) is 0 Å². The van der Waals surface area contributed by atoms with Crippen LogP contribution in [-0.4, -0.2) is 12.6 Å². The maximum Gasteiger partial charge on any atom is 0.308 e. The molecule has 0 saturated carbocycles. The average molecular weight is 397 g/mol. The summed E-state index contributed by atoms with van der Waals surface area (Å²) in [5, 5.41) is 0. The maximum atomic E-state index is 12.0. The Bertz CT molecular complexity index is 314. The van der Waals surface area contributed by atoms with Crippen LogP contribution in [0.25, 0.3) is 0 Å². The van der Waals surface area contributed by atoms with Gasteiger partial charge in [-0.3, -0.25) is 4.79 Å². The quantitative estimate of drug-likeness (QED) is 0.135. The molecule has 168 valence electrons. The first-order valence-electron chi connectivity index (χ1n) is 12.9. The summed E-state index contributed by atoms with van der Waals surface area (Å²) in [6, 6.07) is 0. The minimum absolute atomic E-state index is 0.0232. The van der Waals surface area contributed by atoms with Crippen LogP contribution >= 0.6 is 0 Å². The summed E-state index contributed by atoms with van der Waals surface area (Å²) in [7, 11) is 0. The molecule has 0 aromatic rings. The van der Waals surface area contributed by atoms with E-state index in [9.17, 15) is 4.79 Å². The number of carbonyl (C=O) groups is 1. The van der Waals surface area contributed by atoms with Gasteiger partial charge in [-0.25, -0.2) is 0 Å². The highest BCUT2D eigenvalue weighted by Crippen LogP contribution is 2.15. The number of unbranched alkanes of at least 4 members (excludes halogenated alkanes) is 17. The lowest BCUT2D eigenvalue weighted by atomic mass is 10.0. The van der Waals surface area contributed by atoms with Crippen molar-refractivity contribution in [3.05, 3.63) is 0 Å². The second kappa shape index (κ2) is 22.8. The molecule has 0 bridgehead atoms. The largest absolute Gasteiger partial charge is 0.465 e. The van der Waals surface area contributed by atoms with Crippen LogP contribution in [0.1, 0.15) is 149 Å². The molecule has 0 rings (SSSR count). The van der Waals surface area contributed by atoms with Gasteiger partial charge in [0, 0.05) is 0 Å². The first kappa shape index (κ1) is 27.5. The third-order valence-corrected chi connectivity index (χ3v) is 5.89. The molecule has 2 heteroatoms. The van der Waals surface area contributed by atoms with Gasteiger partial charge in [-0.1, -0.05) is 136 Å². The number of hydrogen-bond acceptors (Lipinski definition) is 2. The van der Waals surface area contributed by atoms with E-state index in [0.29, 0.717) is 6.61 Å². The fraction of sp³-hybridized carbons (Fsp3) is 0.962. The van der Waals surface area contributed by atoms with Gasteiger partial charge in [-0.2, -0.15) is 0 Å². The Morgan fingerprint density at radius 1 is 0.571 bits per heavy atom. The Morgan fingerprint density at radius 2 is 0.929 bits per heavy atom. The van der Waals surface area contributed by atoms with Gasteiger partial charge >= 0.3 is 5.97 Å². The molecule has 1 unspecified atom stereocenters. The zero-order valence-corrected chi connectivity index (χ0v) is 19.7. The van der Waals surface area contributed by atoms with E-state index in [0.717, 1.165) is 12.8 Å². The molecule has 0 saturated heterocycles. The normalized spacial score (nSPS) is 12.2. The fourth-order valence-electron chi connectivity index (χ4n) is 3.78. The first-order chi connectivity index (χ1) is 13.7. The van der Waals surface area contributed by atoms with Crippen LogP contribution in [0.2, 0.25) is 0 Å².